The van der Waals surface area contributed by atoms with Crippen molar-refractivity contribution in [3.8, 4) is 0 Å². The summed E-state index contributed by atoms with van der Waals surface area (Å²) in [5.41, 5.74) is -1.50. The summed E-state index contributed by atoms with van der Waals surface area (Å²) in [6.45, 7) is 5.24. The first kappa shape index (κ1) is 24.9. The second-order valence-electron chi connectivity index (χ2n) is 10.9. The number of carbonyl (C=O) groups excluding carboxylic acids is 4. The Morgan fingerprint density at radius 2 is 1.88 bits per heavy atom. The van der Waals surface area contributed by atoms with Gasteiger partial charge in [-0.3, -0.25) is 14.4 Å². The number of carbonyl (C=O) groups is 4. The van der Waals surface area contributed by atoms with E-state index in [2.05, 4.69) is 6.92 Å². The lowest BCUT2D eigenvalue weighted by atomic mass is 9.45. The number of ether oxygens (including phenoxy) is 3. The highest BCUT2D eigenvalue weighted by atomic mass is 16.7. The van der Waals surface area contributed by atoms with E-state index in [-0.39, 0.29) is 41.8 Å². The number of hydrogen-bond acceptors (Lipinski definition) is 8. The van der Waals surface area contributed by atoms with Crippen LogP contribution in [0.25, 0.3) is 0 Å². The van der Waals surface area contributed by atoms with Gasteiger partial charge in [0.25, 0.3) is 0 Å². The molecule has 8 nitrogen and oxygen atoms in total. The van der Waals surface area contributed by atoms with E-state index in [0.717, 1.165) is 24.8 Å². The van der Waals surface area contributed by atoms with Gasteiger partial charge in [0.15, 0.2) is 18.0 Å². The first-order valence-electron chi connectivity index (χ1n) is 12.4. The Balaban J connectivity index is 1.70. The lowest BCUT2D eigenvalue weighted by molar-refractivity contribution is -0.188. The van der Waals surface area contributed by atoms with Crippen LogP contribution in [0.15, 0.2) is 11.6 Å². The van der Waals surface area contributed by atoms with Crippen LogP contribution in [0.5, 0.6) is 0 Å². The Labute approximate surface area is 200 Å². The van der Waals surface area contributed by atoms with Gasteiger partial charge in [0.05, 0.1) is 13.2 Å². The van der Waals surface area contributed by atoms with E-state index in [1.54, 1.807) is 13.0 Å². The van der Waals surface area contributed by atoms with E-state index in [0.29, 0.717) is 19.3 Å². The van der Waals surface area contributed by atoms with Gasteiger partial charge in [0.2, 0.25) is 5.78 Å². The fraction of sp³-hybridized carbons (Fsp3) is 0.769. The molecule has 0 amide bonds. The van der Waals surface area contributed by atoms with Crippen LogP contribution in [-0.2, 0) is 28.6 Å². The first-order chi connectivity index (χ1) is 16.0. The molecule has 0 aliphatic heterocycles. The van der Waals surface area contributed by atoms with Gasteiger partial charge in [-0.1, -0.05) is 26.3 Å². The number of methoxy groups -OCH3 is 1. The van der Waals surface area contributed by atoms with Gasteiger partial charge in [-0.2, -0.15) is 0 Å². The summed E-state index contributed by atoms with van der Waals surface area (Å²) in [4.78, 5) is 49.7. The van der Waals surface area contributed by atoms with Crippen molar-refractivity contribution in [1.82, 2.24) is 0 Å². The molecule has 1 N–H and O–H groups in total. The Kier molecular flexibility index (Phi) is 6.42. The van der Waals surface area contributed by atoms with Crippen LogP contribution in [0.2, 0.25) is 0 Å². The molecule has 0 saturated heterocycles. The molecule has 0 heterocycles. The van der Waals surface area contributed by atoms with Gasteiger partial charge in [0.1, 0.15) is 0 Å². The Bertz CT molecular complexity index is 924. The molecule has 0 bridgehead atoms. The second kappa shape index (κ2) is 8.77. The number of allylic oxidation sites excluding steroid dienone is 1. The highest BCUT2D eigenvalue weighted by Gasteiger charge is 2.70. The van der Waals surface area contributed by atoms with E-state index in [4.69, 9.17) is 14.2 Å². The van der Waals surface area contributed by atoms with Crippen molar-refractivity contribution in [2.75, 3.05) is 13.7 Å². The normalized spacial score (nSPS) is 40.9. The molecular formula is C26H36O8. The largest absolute Gasteiger partial charge is 0.509 e. The maximum absolute atomic E-state index is 13.6. The molecule has 0 aromatic heterocycles. The molecule has 0 aromatic rings. The van der Waals surface area contributed by atoms with Gasteiger partial charge in [-0.25, -0.2) is 4.79 Å². The van der Waals surface area contributed by atoms with Crippen LogP contribution in [0.3, 0.4) is 0 Å². The van der Waals surface area contributed by atoms with Crippen molar-refractivity contribution < 1.29 is 38.5 Å². The predicted octanol–water partition coefficient (Wildman–Crippen LogP) is 3.53. The molecule has 8 heteroatoms. The summed E-state index contributed by atoms with van der Waals surface area (Å²) in [7, 11) is 1.19. The summed E-state index contributed by atoms with van der Waals surface area (Å²) in [5, 5.41) is 11.6. The molecule has 3 fully saturated rings. The van der Waals surface area contributed by atoms with E-state index in [1.165, 1.54) is 7.11 Å². The zero-order chi connectivity index (χ0) is 24.9. The second-order valence-corrected chi connectivity index (χ2v) is 10.9. The van der Waals surface area contributed by atoms with E-state index >= 15 is 0 Å². The SMILES string of the molecule is CCC(=O)OCC(=O)[C@@]1(OC(=O)OC)CC[C@H]2[C@@H]3CCC4=CC(=O)CC[C@]4(C)[C@H]3[C@@H](O)C[C@@]21C. The molecule has 0 aromatic carbocycles. The highest BCUT2D eigenvalue weighted by Crippen LogP contribution is 2.68. The zero-order valence-corrected chi connectivity index (χ0v) is 20.6. The molecule has 4 rings (SSSR count). The van der Waals surface area contributed by atoms with Gasteiger partial charge >= 0.3 is 12.1 Å². The molecule has 7 atom stereocenters. The van der Waals surface area contributed by atoms with Crippen LogP contribution in [0.1, 0.15) is 72.1 Å². The highest BCUT2D eigenvalue weighted by molar-refractivity contribution is 5.93. The molecule has 188 valence electrons. The lowest BCUT2D eigenvalue weighted by Crippen LogP contribution is -2.63. The number of rotatable bonds is 5. The first-order valence-corrected chi connectivity index (χ1v) is 12.4. The number of fused-ring (bicyclic) bond motifs is 5. The number of hydrogen-bond donors (Lipinski definition) is 1. The minimum atomic E-state index is -1.54. The average molecular weight is 477 g/mol. The Morgan fingerprint density at radius 1 is 1.15 bits per heavy atom. The van der Waals surface area contributed by atoms with Gasteiger partial charge in [-0.15, -0.1) is 0 Å². The van der Waals surface area contributed by atoms with Gasteiger partial charge in [0, 0.05) is 18.3 Å². The van der Waals surface area contributed by atoms with Crippen molar-refractivity contribution in [2.45, 2.75) is 83.8 Å². The standard InChI is InChI=1S/C26H36O8/c1-5-21(30)33-14-20(29)26(34-23(31)32-4)11-9-18-17-7-6-15-12-16(27)8-10-24(15,2)22(17)19(28)13-25(18,26)3/h12,17-19,22,28H,5-11,13-14H2,1-4H3/t17-,18-,19-,22+,24-,25-,26-/m0/s1. The van der Waals surface area contributed by atoms with Crippen LogP contribution in [-0.4, -0.2) is 54.2 Å². The fourth-order valence-corrected chi connectivity index (χ4v) is 7.91. The van der Waals surface area contributed by atoms with Gasteiger partial charge < -0.3 is 19.3 Å². The topological polar surface area (TPSA) is 116 Å². The number of esters is 1. The molecule has 0 spiro atoms. The summed E-state index contributed by atoms with van der Waals surface area (Å²) >= 11 is 0. The van der Waals surface area contributed by atoms with Crippen molar-refractivity contribution in [1.29, 1.82) is 0 Å². The van der Waals surface area contributed by atoms with Crippen molar-refractivity contribution in [2.24, 2.45) is 28.6 Å². The summed E-state index contributed by atoms with van der Waals surface area (Å²) in [6.07, 6.45) is 4.26. The maximum Gasteiger partial charge on any atom is 0.509 e. The van der Waals surface area contributed by atoms with Crippen LogP contribution < -0.4 is 0 Å². The lowest BCUT2D eigenvalue weighted by Gasteiger charge is -2.60. The van der Waals surface area contributed by atoms with Crippen molar-refractivity contribution in [3.05, 3.63) is 11.6 Å². The smallest absolute Gasteiger partial charge is 0.457 e. The zero-order valence-electron chi connectivity index (χ0n) is 20.6. The number of aliphatic hydroxyl groups excluding tert-OH is 1. The third-order valence-electron chi connectivity index (χ3n) is 9.54. The van der Waals surface area contributed by atoms with Crippen molar-refractivity contribution >= 4 is 23.7 Å². The molecule has 0 unspecified atom stereocenters. The molecule has 4 aliphatic carbocycles. The molecule has 4 aliphatic rings. The fourth-order valence-electron chi connectivity index (χ4n) is 7.91. The molecular weight excluding hydrogens is 440 g/mol. The Hall–Kier alpha value is -2.22. The quantitative estimate of drug-likeness (QED) is 0.599. The minimum Gasteiger partial charge on any atom is -0.457 e. The summed E-state index contributed by atoms with van der Waals surface area (Å²) < 4.78 is 15.7. The third kappa shape index (κ3) is 3.60. The number of aliphatic hydroxyl groups is 1. The van der Waals surface area contributed by atoms with Crippen LogP contribution in [0, 0.1) is 28.6 Å². The molecule has 34 heavy (non-hydrogen) atoms. The number of Topliss-reactive ketones (excluding diaryl/α,β-unsaturated/α-hetero) is 1. The van der Waals surface area contributed by atoms with Crippen molar-refractivity contribution in [3.63, 3.8) is 0 Å². The van der Waals surface area contributed by atoms with Crippen LogP contribution in [0.4, 0.5) is 4.79 Å². The van der Waals surface area contributed by atoms with E-state index in [9.17, 15) is 24.3 Å². The average Bonchev–Trinajstić information content (AvgIpc) is 3.09. The monoisotopic (exact) mass is 476 g/mol. The van der Waals surface area contributed by atoms with Crippen LogP contribution >= 0.6 is 0 Å². The van der Waals surface area contributed by atoms with E-state index < -0.39 is 41.6 Å². The Morgan fingerprint density at radius 3 is 2.56 bits per heavy atom. The third-order valence-corrected chi connectivity index (χ3v) is 9.54. The maximum atomic E-state index is 13.6. The van der Waals surface area contributed by atoms with E-state index in [1.807, 2.05) is 6.92 Å². The molecule has 0 radical (unpaired) electrons. The minimum absolute atomic E-state index is 0.0272. The summed E-state index contributed by atoms with van der Waals surface area (Å²) in [5.74, 6) is -0.691. The van der Waals surface area contributed by atoms with Gasteiger partial charge in [-0.05, 0) is 67.8 Å². The number of ketones is 2. The summed E-state index contributed by atoms with van der Waals surface area (Å²) in [6, 6.07) is 0. The molecule has 3 saturated carbocycles. The predicted molar refractivity (Wildman–Crippen MR) is 121 cm³/mol.